The summed E-state index contributed by atoms with van der Waals surface area (Å²) in [6, 6.07) is 6.83. The van der Waals surface area contributed by atoms with E-state index in [0.717, 1.165) is 4.31 Å². The van der Waals surface area contributed by atoms with Gasteiger partial charge in [0.05, 0.1) is 18.5 Å². The Morgan fingerprint density at radius 1 is 1.48 bits per heavy atom. The molecule has 0 aromatic heterocycles. The molecule has 0 aliphatic rings. The van der Waals surface area contributed by atoms with Crippen LogP contribution >= 0.6 is 12.2 Å². The van der Waals surface area contributed by atoms with E-state index < -0.39 is 16.1 Å². The molecule has 1 unspecified atom stereocenters. The van der Waals surface area contributed by atoms with Gasteiger partial charge >= 0.3 is 0 Å². The largest absolute Gasteiger partial charge is 0.389 e. The number of likely N-dealkylation sites (N-methyl/N-ethyl adjacent to an activating group) is 1. The summed E-state index contributed by atoms with van der Waals surface area (Å²) < 4.78 is 30.5. The molecule has 1 aromatic rings. The van der Waals surface area contributed by atoms with Crippen LogP contribution in [-0.4, -0.2) is 56.2 Å². The Bertz CT molecular complexity index is 590. The monoisotopic (exact) mass is 332 g/mol. The van der Waals surface area contributed by atoms with Crippen LogP contribution in [0.5, 0.6) is 0 Å². The first-order chi connectivity index (χ1) is 9.77. The number of aliphatic hydroxyl groups is 1. The molecule has 0 aliphatic heterocycles. The number of hydrogen-bond acceptors (Lipinski definition) is 5. The first-order valence-corrected chi connectivity index (χ1v) is 8.28. The number of methoxy groups -OCH3 is 1. The molecular formula is C13H20N2O4S2. The molecule has 0 saturated heterocycles. The fourth-order valence-electron chi connectivity index (χ4n) is 1.85. The van der Waals surface area contributed by atoms with Crippen molar-refractivity contribution in [3.63, 3.8) is 0 Å². The average molecular weight is 332 g/mol. The van der Waals surface area contributed by atoms with Gasteiger partial charge in [0.25, 0.3) is 0 Å². The number of hydrogen-bond donors (Lipinski definition) is 2. The van der Waals surface area contributed by atoms with Crippen molar-refractivity contribution in [3.8, 4) is 0 Å². The Morgan fingerprint density at radius 2 is 2.10 bits per heavy atom. The summed E-state index contributed by atoms with van der Waals surface area (Å²) in [5.41, 5.74) is 6.68. The molecule has 118 valence electrons. The van der Waals surface area contributed by atoms with Gasteiger partial charge in [0, 0.05) is 26.3 Å². The Hall–Kier alpha value is -1.06. The number of aliphatic hydroxyl groups excluding tert-OH is 1. The standard InChI is InChI=1S/C13H20N2O4S2/c1-15(7-11(16)8-19-2)21(17,18)9-10-5-3-4-6-12(10)13(14)20/h3-6,11,16H,7-9H2,1-2H3,(H2,14,20). The number of benzene rings is 1. The lowest BCUT2D eigenvalue weighted by molar-refractivity contribution is 0.0554. The second-order valence-corrected chi connectivity index (χ2v) is 7.18. The van der Waals surface area contributed by atoms with Gasteiger partial charge in [0.1, 0.15) is 4.99 Å². The molecule has 6 nitrogen and oxygen atoms in total. The summed E-state index contributed by atoms with van der Waals surface area (Å²) in [5.74, 6) is -0.225. The van der Waals surface area contributed by atoms with Crippen LogP contribution in [0.15, 0.2) is 24.3 Å². The number of thiocarbonyl (C=S) groups is 1. The molecule has 0 aliphatic carbocycles. The number of rotatable bonds is 8. The molecule has 0 fully saturated rings. The van der Waals surface area contributed by atoms with Crippen molar-refractivity contribution in [1.82, 2.24) is 4.31 Å². The van der Waals surface area contributed by atoms with Gasteiger partial charge in [-0.05, 0) is 5.56 Å². The Labute approximate surface area is 130 Å². The van der Waals surface area contributed by atoms with E-state index in [0.29, 0.717) is 11.1 Å². The topological polar surface area (TPSA) is 92.9 Å². The second-order valence-electron chi connectivity index (χ2n) is 4.67. The van der Waals surface area contributed by atoms with E-state index in [1.807, 2.05) is 0 Å². The van der Waals surface area contributed by atoms with Gasteiger partial charge < -0.3 is 15.6 Å². The summed E-state index contributed by atoms with van der Waals surface area (Å²) in [6.07, 6.45) is -0.874. The molecule has 1 aromatic carbocycles. The van der Waals surface area contributed by atoms with Crippen LogP contribution in [-0.2, 0) is 20.5 Å². The first kappa shape index (κ1) is 18.0. The van der Waals surface area contributed by atoms with Crippen LogP contribution in [0.1, 0.15) is 11.1 Å². The number of nitrogens with zero attached hydrogens (tertiary/aromatic N) is 1. The SMILES string of the molecule is COCC(O)CN(C)S(=O)(=O)Cc1ccccc1C(N)=S. The van der Waals surface area contributed by atoms with Crippen LogP contribution in [0.2, 0.25) is 0 Å². The Morgan fingerprint density at radius 3 is 2.67 bits per heavy atom. The maximum Gasteiger partial charge on any atom is 0.218 e. The third-order valence-corrected chi connectivity index (χ3v) is 4.92. The van der Waals surface area contributed by atoms with Gasteiger partial charge in [-0.15, -0.1) is 0 Å². The molecule has 0 bridgehead atoms. The first-order valence-electron chi connectivity index (χ1n) is 6.26. The highest BCUT2D eigenvalue weighted by molar-refractivity contribution is 7.88. The summed E-state index contributed by atoms with van der Waals surface area (Å²) in [6.45, 7) is 0.0365. The minimum atomic E-state index is -3.58. The van der Waals surface area contributed by atoms with E-state index in [9.17, 15) is 13.5 Å². The molecule has 21 heavy (non-hydrogen) atoms. The maximum absolute atomic E-state index is 12.3. The molecule has 8 heteroatoms. The third kappa shape index (κ3) is 5.33. The molecule has 0 heterocycles. The van der Waals surface area contributed by atoms with E-state index in [2.05, 4.69) is 0 Å². The van der Waals surface area contributed by atoms with E-state index in [1.54, 1.807) is 24.3 Å². The molecule has 1 atom stereocenters. The van der Waals surface area contributed by atoms with Gasteiger partial charge in [-0.25, -0.2) is 12.7 Å². The normalized spacial score (nSPS) is 13.3. The summed E-state index contributed by atoms with van der Waals surface area (Å²) in [7, 11) is -0.725. The van der Waals surface area contributed by atoms with E-state index in [1.165, 1.54) is 14.2 Å². The lowest BCUT2D eigenvalue weighted by Gasteiger charge is -2.20. The van der Waals surface area contributed by atoms with Gasteiger partial charge in [0.2, 0.25) is 10.0 Å². The quantitative estimate of drug-likeness (QED) is 0.656. The van der Waals surface area contributed by atoms with Crippen LogP contribution in [0.25, 0.3) is 0 Å². The lowest BCUT2D eigenvalue weighted by atomic mass is 10.1. The van der Waals surface area contributed by atoms with Crippen molar-refractivity contribution in [2.75, 3.05) is 27.3 Å². The average Bonchev–Trinajstić information content (AvgIpc) is 2.38. The summed E-state index contributed by atoms with van der Waals surface area (Å²) >= 11 is 4.92. The van der Waals surface area contributed by atoms with Crippen LogP contribution in [0.3, 0.4) is 0 Å². The molecule has 0 saturated carbocycles. The third-order valence-electron chi connectivity index (χ3n) is 2.92. The Balaban J connectivity index is 2.88. The molecule has 3 N–H and O–H groups in total. The van der Waals surface area contributed by atoms with Crippen LogP contribution in [0, 0.1) is 0 Å². The Kier molecular flexibility index (Phi) is 6.69. The van der Waals surface area contributed by atoms with Crippen molar-refractivity contribution < 1.29 is 18.3 Å². The van der Waals surface area contributed by atoms with Crippen molar-refractivity contribution in [2.45, 2.75) is 11.9 Å². The van der Waals surface area contributed by atoms with Gasteiger partial charge in [0.15, 0.2) is 0 Å². The van der Waals surface area contributed by atoms with Crippen LogP contribution < -0.4 is 5.73 Å². The van der Waals surface area contributed by atoms with E-state index in [4.69, 9.17) is 22.7 Å². The van der Waals surface area contributed by atoms with E-state index in [-0.39, 0.29) is 23.9 Å². The predicted molar refractivity (Wildman–Crippen MR) is 85.5 cm³/mol. The van der Waals surface area contributed by atoms with Gasteiger partial charge in [-0.2, -0.15) is 0 Å². The number of ether oxygens (including phenoxy) is 1. The molecular weight excluding hydrogens is 312 g/mol. The zero-order valence-electron chi connectivity index (χ0n) is 12.0. The highest BCUT2D eigenvalue weighted by Gasteiger charge is 2.22. The predicted octanol–water partition coefficient (Wildman–Crippen LogP) is 0.0897. The van der Waals surface area contributed by atoms with Crippen LogP contribution in [0.4, 0.5) is 0 Å². The van der Waals surface area contributed by atoms with Crippen molar-refractivity contribution in [2.24, 2.45) is 5.73 Å². The van der Waals surface area contributed by atoms with Crippen molar-refractivity contribution >= 4 is 27.2 Å². The minimum Gasteiger partial charge on any atom is -0.389 e. The number of nitrogens with two attached hydrogens (primary N) is 1. The summed E-state index contributed by atoms with van der Waals surface area (Å²) in [4.78, 5) is 0.155. The van der Waals surface area contributed by atoms with Crippen molar-refractivity contribution in [1.29, 1.82) is 0 Å². The fourth-order valence-corrected chi connectivity index (χ4v) is 3.31. The van der Waals surface area contributed by atoms with Gasteiger partial charge in [-0.3, -0.25) is 0 Å². The minimum absolute atomic E-state index is 0.0363. The maximum atomic E-state index is 12.3. The molecule has 0 spiro atoms. The highest BCUT2D eigenvalue weighted by atomic mass is 32.2. The smallest absolute Gasteiger partial charge is 0.218 e. The van der Waals surface area contributed by atoms with Crippen molar-refractivity contribution in [3.05, 3.63) is 35.4 Å². The van der Waals surface area contributed by atoms with E-state index >= 15 is 0 Å². The zero-order valence-corrected chi connectivity index (χ0v) is 13.7. The molecule has 0 amide bonds. The fraction of sp³-hybridized carbons (Fsp3) is 0.462. The lowest BCUT2D eigenvalue weighted by Crippen LogP contribution is -2.37. The molecule has 1 rings (SSSR count). The number of sulfonamides is 1. The second kappa shape index (κ2) is 7.81. The van der Waals surface area contributed by atoms with Gasteiger partial charge in [-0.1, -0.05) is 36.5 Å². The molecule has 0 radical (unpaired) electrons. The summed E-state index contributed by atoms with van der Waals surface area (Å²) in [5, 5.41) is 9.62. The zero-order chi connectivity index (χ0) is 16.0. The highest BCUT2D eigenvalue weighted by Crippen LogP contribution is 2.15.